The molecule has 1 N–H and O–H groups in total. The fourth-order valence-corrected chi connectivity index (χ4v) is 2.68. The molecule has 0 unspecified atom stereocenters. The number of nitriles is 1. The Bertz CT molecular complexity index is 817. The van der Waals surface area contributed by atoms with Crippen molar-refractivity contribution in [1.29, 1.82) is 5.26 Å². The molecule has 0 atom stereocenters. The van der Waals surface area contributed by atoms with Gasteiger partial charge in [0.2, 0.25) is 11.8 Å². The molecule has 0 radical (unpaired) electrons. The SMILES string of the molecule is CC(=O)N(CCC(=O)Nc1cccc(C#N)c1)c1cc(C)cc(C)c1. The smallest absolute Gasteiger partial charge is 0.226 e. The predicted molar refractivity (Wildman–Crippen MR) is 98.3 cm³/mol. The third-order valence-electron chi connectivity index (χ3n) is 3.74. The Labute approximate surface area is 147 Å². The number of nitrogens with zero attached hydrogens (tertiary/aromatic N) is 2. The number of nitrogens with one attached hydrogen (secondary N) is 1. The molecule has 0 saturated carbocycles. The lowest BCUT2D eigenvalue weighted by atomic mass is 10.1. The number of carbonyl (C=O) groups excluding carboxylic acids is 2. The molecule has 5 nitrogen and oxygen atoms in total. The Hall–Kier alpha value is -3.13. The average molecular weight is 335 g/mol. The Morgan fingerprint density at radius 1 is 1.12 bits per heavy atom. The molecule has 0 bridgehead atoms. The van der Waals surface area contributed by atoms with Crippen LogP contribution in [0.15, 0.2) is 42.5 Å². The molecule has 0 heterocycles. The van der Waals surface area contributed by atoms with E-state index >= 15 is 0 Å². The maximum absolute atomic E-state index is 12.2. The van der Waals surface area contributed by atoms with Crippen molar-refractivity contribution >= 4 is 23.2 Å². The fourth-order valence-electron chi connectivity index (χ4n) is 2.68. The molecular weight excluding hydrogens is 314 g/mol. The minimum atomic E-state index is -0.203. The molecule has 25 heavy (non-hydrogen) atoms. The van der Waals surface area contributed by atoms with Crippen LogP contribution >= 0.6 is 0 Å². The topological polar surface area (TPSA) is 73.2 Å². The molecule has 0 fully saturated rings. The first kappa shape index (κ1) is 18.2. The second kappa shape index (κ2) is 8.11. The van der Waals surface area contributed by atoms with Crippen LogP contribution in [0.2, 0.25) is 0 Å². The van der Waals surface area contributed by atoms with E-state index in [4.69, 9.17) is 5.26 Å². The van der Waals surface area contributed by atoms with Gasteiger partial charge in [-0.25, -0.2) is 0 Å². The third kappa shape index (κ3) is 5.18. The van der Waals surface area contributed by atoms with E-state index in [1.807, 2.05) is 38.1 Å². The predicted octanol–water partition coefficient (Wildman–Crippen LogP) is 3.56. The number of rotatable bonds is 5. The summed E-state index contributed by atoms with van der Waals surface area (Å²) in [6.45, 7) is 5.74. The molecule has 0 aliphatic heterocycles. The van der Waals surface area contributed by atoms with Gasteiger partial charge < -0.3 is 10.2 Å². The van der Waals surface area contributed by atoms with Gasteiger partial charge in [0.25, 0.3) is 0 Å². The van der Waals surface area contributed by atoms with Crippen molar-refractivity contribution in [1.82, 2.24) is 0 Å². The van der Waals surface area contributed by atoms with Gasteiger partial charge in [0.05, 0.1) is 11.6 Å². The van der Waals surface area contributed by atoms with E-state index in [1.165, 1.54) is 6.92 Å². The van der Waals surface area contributed by atoms with Crippen LogP contribution in [-0.2, 0) is 9.59 Å². The van der Waals surface area contributed by atoms with Gasteiger partial charge >= 0.3 is 0 Å². The normalized spacial score (nSPS) is 10.0. The van der Waals surface area contributed by atoms with Crippen molar-refractivity contribution in [2.24, 2.45) is 0 Å². The van der Waals surface area contributed by atoms with Crippen molar-refractivity contribution in [3.8, 4) is 6.07 Å². The summed E-state index contributed by atoms with van der Waals surface area (Å²) in [4.78, 5) is 25.8. The number of carbonyl (C=O) groups is 2. The maximum Gasteiger partial charge on any atom is 0.226 e. The first-order chi connectivity index (χ1) is 11.9. The highest BCUT2D eigenvalue weighted by atomic mass is 16.2. The fraction of sp³-hybridized carbons (Fsp3) is 0.250. The summed E-state index contributed by atoms with van der Waals surface area (Å²) in [7, 11) is 0. The zero-order valence-electron chi connectivity index (χ0n) is 14.7. The highest BCUT2D eigenvalue weighted by Gasteiger charge is 2.14. The van der Waals surface area contributed by atoms with Crippen molar-refractivity contribution in [2.45, 2.75) is 27.2 Å². The highest BCUT2D eigenvalue weighted by Crippen LogP contribution is 2.19. The number of amides is 2. The quantitative estimate of drug-likeness (QED) is 0.908. The monoisotopic (exact) mass is 335 g/mol. The van der Waals surface area contributed by atoms with E-state index in [0.717, 1.165) is 16.8 Å². The Kier molecular flexibility index (Phi) is 5.91. The summed E-state index contributed by atoms with van der Waals surface area (Å²) in [6, 6.07) is 14.7. The largest absolute Gasteiger partial charge is 0.326 e. The van der Waals surface area contributed by atoms with Crippen molar-refractivity contribution in [3.63, 3.8) is 0 Å². The van der Waals surface area contributed by atoms with Gasteiger partial charge in [-0.15, -0.1) is 0 Å². The summed E-state index contributed by atoms with van der Waals surface area (Å²) in [6.07, 6.45) is 0.170. The molecule has 0 aliphatic carbocycles. The van der Waals surface area contributed by atoms with Crippen LogP contribution in [-0.4, -0.2) is 18.4 Å². The zero-order chi connectivity index (χ0) is 18.4. The van der Waals surface area contributed by atoms with E-state index in [2.05, 4.69) is 5.32 Å². The summed E-state index contributed by atoms with van der Waals surface area (Å²) in [5.41, 5.74) is 3.99. The molecule has 0 saturated heterocycles. The molecule has 0 aromatic heterocycles. The molecule has 2 aromatic rings. The first-order valence-electron chi connectivity index (χ1n) is 8.05. The van der Waals surface area contributed by atoms with Crippen LogP contribution in [0.3, 0.4) is 0 Å². The van der Waals surface area contributed by atoms with Crippen LogP contribution in [0.4, 0.5) is 11.4 Å². The van der Waals surface area contributed by atoms with Gasteiger partial charge in [-0.2, -0.15) is 5.26 Å². The lowest BCUT2D eigenvalue weighted by Crippen LogP contribution is -2.32. The number of aryl methyl sites for hydroxylation is 2. The van der Waals surface area contributed by atoms with Crippen LogP contribution in [0.5, 0.6) is 0 Å². The van der Waals surface area contributed by atoms with Crippen molar-refractivity contribution < 1.29 is 9.59 Å². The number of anilines is 2. The van der Waals surface area contributed by atoms with Gasteiger partial charge in [-0.1, -0.05) is 12.1 Å². The second-order valence-corrected chi connectivity index (χ2v) is 6.01. The van der Waals surface area contributed by atoms with Crippen molar-refractivity contribution in [2.75, 3.05) is 16.8 Å². The van der Waals surface area contributed by atoms with E-state index in [-0.39, 0.29) is 18.2 Å². The van der Waals surface area contributed by atoms with Crippen LogP contribution < -0.4 is 10.2 Å². The van der Waals surface area contributed by atoms with Gasteiger partial charge in [-0.05, 0) is 55.3 Å². The second-order valence-electron chi connectivity index (χ2n) is 6.01. The Balaban J connectivity index is 2.04. The molecule has 0 aliphatic rings. The van der Waals surface area contributed by atoms with Crippen LogP contribution in [0.1, 0.15) is 30.0 Å². The van der Waals surface area contributed by atoms with Gasteiger partial charge in [0.1, 0.15) is 0 Å². The minimum Gasteiger partial charge on any atom is -0.326 e. The van der Waals surface area contributed by atoms with Gasteiger partial charge in [0, 0.05) is 31.3 Å². The minimum absolute atomic E-state index is 0.107. The first-order valence-corrected chi connectivity index (χ1v) is 8.05. The highest BCUT2D eigenvalue weighted by molar-refractivity contribution is 5.95. The standard InChI is InChI=1S/C20H21N3O2/c1-14-9-15(2)11-19(10-14)23(16(3)24)8-7-20(25)22-18-6-4-5-17(12-18)13-21/h4-6,9-12H,7-8H2,1-3H3,(H,22,25). The van der Waals surface area contributed by atoms with Crippen LogP contribution in [0, 0.1) is 25.2 Å². The van der Waals surface area contributed by atoms with E-state index < -0.39 is 0 Å². The van der Waals surface area contributed by atoms with E-state index in [9.17, 15) is 9.59 Å². The Morgan fingerprint density at radius 3 is 2.40 bits per heavy atom. The molecule has 0 spiro atoms. The van der Waals surface area contributed by atoms with Gasteiger partial charge in [-0.3, -0.25) is 9.59 Å². The van der Waals surface area contributed by atoms with E-state index in [1.54, 1.807) is 29.2 Å². The summed E-state index contributed by atoms with van der Waals surface area (Å²) in [5, 5.41) is 11.7. The average Bonchev–Trinajstić information content (AvgIpc) is 2.54. The van der Waals surface area contributed by atoms with Crippen LogP contribution in [0.25, 0.3) is 0 Å². The molecule has 128 valence electrons. The lowest BCUT2D eigenvalue weighted by molar-refractivity contribution is -0.117. The molecule has 2 rings (SSSR count). The maximum atomic E-state index is 12.2. The third-order valence-corrected chi connectivity index (χ3v) is 3.74. The molecule has 2 aromatic carbocycles. The lowest BCUT2D eigenvalue weighted by Gasteiger charge is -2.22. The van der Waals surface area contributed by atoms with Gasteiger partial charge in [0.15, 0.2) is 0 Å². The summed E-state index contributed by atoms with van der Waals surface area (Å²) in [5.74, 6) is -0.310. The molecular formula is C20H21N3O2. The number of hydrogen-bond donors (Lipinski definition) is 1. The van der Waals surface area contributed by atoms with E-state index in [0.29, 0.717) is 17.8 Å². The zero-order valence-corrected chi connectivity index (χ0v) is 14.7. The summed E-state index contributed by atoms with van der Waals surface area (Å²) < 4.78 is 0. The number of benzene rings is 2. The number of hydrogen-bond acceptors (Lipinski definition) is 3. The Morgan fingerprint density at radius 2 is 1.80 bits per heavy atom. The van der Waals surface area contributed by atoms with Crippen molar-refractivity contribution in [3.05, 3.63) is 59.2 Å². The molecule has 2 amide bonds. The summed E-state index contributed by atoms with van der Waals surface area (Å²) >= 11 is 0. The molecule has 5 heteroatoms.